The first-order valence-electron chi connectivity index (χ1n) is 4.97. The number of benzene rings is 1. The highest BCUT2D eigenvalue weighted by atomic mass is 16.2. The van der Waals surface area contributed by atoms with Gasteiger partial charge in [-0.05, 0) is 5.56 Å². The SMILES string of the molecule is C=CC1=C(Cc2ccccc2)C(=O)NC1=O. The van der Waals surface area contributed by atoms with E-state index in [4.69, 9.17) is 0 Å². The predicted octanol–water partition coefficient (Wildman–Crippen LogP) is 1.37. The molecule has 1 N–H and O–H groups in total. The van der Waals surface area contributed by atoms with Crippen LogP contribution in [-0.4, -0.2) is 11.8 Å². The van der Waals surface area contributed by atoms with E-state index in [2.05, 4.69) is 11.9 Å². The minimum Gasteiger partial charge on any atom is -0.288 e. The normalized spacial score (nSPS) is 15.2. The number of carbonyl (C=O) groups is 2. The summed E-state index contributed by atoms with van der Waals surface area (Å²) in [6.45, 7) is 3.55. The van der Waals surface area contributed by atoms with Crippen LogP contribution in [0, 0.1) is 0 Å². The Bertz CT molecular complexity index is 486. The van der Waals surface area contributed by atoms with Crippen LogP contribution >= 0.6 is 0 Å². The van der Waals surface area contributed by atoms with Crippen molar-refractivity contribution in [2.75, 3.05) is 0 Å². The third-order valence-electron chi connectivity index (χ3n) is 2.50. The number of nitrogens with one attached hydrogen (secondary N) is 1. The van der Waals surface area contributed by atoms with Gasteiger partial charge < -0.3 is 0 Å². The Morgan fingerprint density at radius 2 is 1.81 bits per heavy atom. The Balaban J connectivity index is 2.33. The average Bonchev–Trinajstić information content (AvgIpc) is 2.55. The molecule has 0 saturated carbocycles. The van der Waals surface area contributed by atoms with Crippen LogP contribution in [0.15, 0.2) is 54.1 Å². The molecule has 3 heteroatoms. The van der Waals surface area contributed by atoms with E-state index in [1.807, 2.05) is 30.3 Å². The molecule has 0 atom stereocenters. The Morgan fingerprint density at radius 1 is 1.12 bits per heavy atom. The molecule has 0 spiro atoms. The Labute approximate surface area is 93.5 Å². The van der Waals surface area contributed by atoms with Crippen LogP contribution in [0.2, 0.25) is 0 Å². The van der Waals surface area contributed by atoms with Gasteiger partial charge in [-0.2, -0.15) is 0 Å². The molecule has 3 nitrogen and oxygen atoms in total. The highest BCUT2D eigenvalue weighted by Gasteiger charge is 2.27. The van der Waals surface area contributed by atoms with Crippen molar-refractivity contribution < 1.29 is 9.59 Å². The van der Waals surface area contributed by atoms with Crippen molar-refractivity contribution >= 4 is 11.8 Å². The first kappa shape index (κ1) is 10.4. The van der Waals surface area contributed by atoms with Crippen molar-refractivity contribution in [3.63, 3.8) is 0 Å². The van der Waals surface area contributed by atoms with Crippen molar-refractivity contribution in [2.24, 2.45) is 0 Å². The van der Waals surface area contributed by atoms with Gasteiger partial charge in [0, 0.05) is 17.6 Å². The zero-order valence-electron chi connectivity index (χ0n) is 8.69. The van der Waals surface area contributed by atoms with E-state index in [0.717, 1.165) is 5.56 Å². The summed E-state index contributed by atoms with van der Waals surface area (Å²) in [5.41, 5.74) is 1.88. The zero-order valence-corrected chi connectivity index (χ0v) is 8.69. The lowest BCUT2D eigenvalue weighted by molar-refractivity contribution is -0.124. The standard InChI is InChI=1S/C13H11NO2/c1-2-10-11(13(16)14-12(10)15)8-9-6-4-3-5-7-9/h2-7H,1,8H2,(H,14,15,16). The molecule has 1 aromatic carbocycles. The van der Waals surface area contributed by atoms with E-state index in [0.29, 0.717) is 17.6 Å². The number of hydrogen-bond donors (Lipinski definition) is 1. The fraction of sp³-hybridized carbons (Fsp3) is 0.0769. The largest absolute Gasteiger partial charge is 0.288 e. The average molecular weight is 213 g/mol. The van der Waals surface area contributed by atoms with Crippen molar-refractivity contribution in [3.05, 3.63) is 59.7 Å². The molecule has 80 valence electrons. The number of imide groups is 1. The Kier molecular flexibility index (Phi) is 2.68. The highest BCUT2D eigenvalue weighted by molar-refractivity contribution is 6.20. The van der Waals surface area contributed by atoms with E-state index < -0.39 is 0 Å². The number of amides is 2. The van der Waals surface area contributed by atoms with Crippen LogP contribution in [0.4, 0.5) is 0 Å². The topological polar surface area (TPSA) is 46.2 Å². The van der Waals surface area contributed by atoms with E-state index >= 15 is 0 Å². The first-order valence-corrected chi connectivity index (χ1v) is 4.97. The van der Waals surface area contributed by atoms with E-state index in [1.165, 1.54) is 6.08 Å². The minimum atomic E-state index is -0.356. The second-order valence-electron chi connectivity index (χ2n) is 3.54. The summed E-state index contributed by atoms with van der Waals surface area (Å²) in [6.07, 6.45) is 1.89. The molecule has 0 saturated heterocycles. The molecular weight excluding hydrogens is 202 g/mol. The molecule has 0 unspecified atom stereocenters. The molecule has 0 aromatic heterocycles. The van der Waals surface area contributed by atoms with Crippen LogP contribution in [0.25, 0.3) is 0 Å². The summed E-state index contributed by atoms with van der Waals surface area (Å²) in [7, 11) is 0. The van der Waals surface area contributed by atoms with Gasteiger partial charge in [0.1, 0.15) is 0 Å². The van der Waals surface area contributed by atoms with Crippen molar-refractivity contribution in [2.45, 2.75) is 6.42 Å². The molecular formula is C13H11NO2. The maximum atomic E-state index is 11.5. The maximum absolute atomic E-state index is 11.5. The number of carbonyl (C=O) groups excluding carboxylic acids is 2. The number of rotatable bonds is 3. The van der Waals surface area contributed by atoms with Crippen molar-refractivity contribution in [1.82, 2.24) is 5.32 Å². The lowest BCUT2D eigenvalue weighted by Crippen LogP contribution is -2.23. The van der Waals surface area contributed by atoms with Gasteiger partial charge in [0.05, 0.1) is 0 Å². The van der Waals surface area contributed by atoms with Gasteiger partial charge in [0.25, 0.3) is 11.8 Å². The fourth-order valence-electron chi connectivity index (χ4n) is 1.70. The Morgan fingerprint density at radius 3 is 2.44 bits per heavy atom. The molecule has 0 fully saturated rings. The van der Waals surface area contributed by atoms with E-state index in [1.54, 1.807) is 0 Å². The third-order valence-corrected chi connectivity index (χ3v) is 2.50. The molecule has 1 aliphatic heterocycles. The van der Waals surface area contributed by atoms with Crippen LogP contribution in [0.3, 0.4) is 0 Å². The molecule has 2 amide bonds. The van der Waals surface area contributed by atoms with Crippen molar-refractivity contribution in [1.29, 1.82) is 0 Å². The highest BCUT2D eigenvalue weighted by Crippen LogP contribution is 2.18. The monoisotopic (exact) mass is 213 g/mol. The van der Waals surface area contributed by atoms with E-state index in [-0.39, 0.29) is 11.8 Å². The molecule has 1 heterocycles. The van der Waals surface area contributed by atoms with Crippen LogP contribution < -0.4 is 5.32 Å². The van der Waals surface area contributed by atoms with Crippen molar-refractivity contribution in [3.8, 4) is 0 Å². The maximum Gasteiger partial charge on any atom is 0.258 e. The summed E-state index contributed by atoms with van der Waals surface area (Å²) in [5, 5.41) is 2.26. The molecule has 1 aliphatic rings. The lowest BCUT2D eigenvalue weighted by Gasteiger charge is -2.00. The summed E-state index contributed by atoms with van der Waals surface area (Å²) >= 11 is 0. The summed E-state index contributed by atoms with van der Waals surface area (Å²) in [5.74, 6) is -0.672. The number of hydrogen-bond acceptors (Lipinski definition) is 2. The van der Waals surface area contributed by atoms with Gasteiger partial charge in [-0.15, -0.1) is 0 Å². The fourth-order valence-corrected chi connectivity index (χ4v) is 1.70. The molecule has 0 radical (unpaired) electrons. The first-order chi connectivity index (χ1) is 7.72. The van der Waals surface area contributed by atoms with Gasteiger partial charge in [-0.25, -0.2) is 0 Å². The summed E-state index contributed by atoms with van der Waals surface area (Å²) in [6, 6.07) is 9.55. The minimum absolute atomic E-state index is 0.316. The molecule has 1 aromatic rings. The summed E-state index contributed by atoms with van der Waals surface area (Å²) < 4.78 is 0. The second-order valence-corrected chi connectivity index (χ2v) is 3.54. The molecule has 0 aliphatic carbocycles. The smallest absolute Gasteiger partial charge is 0.258 e. The second kappa shape index (κ2) is 4.14. The molecule has 16 heavy (non-hydrogen) atoms. The summed E-state index contributed by atoms with van der Waals surface area (Å²) in [4.78, 5) is 22.9. The molecule has 2 rings (SSSR count). The van der Waals surface area contributed by atoms with Gasteiger partial charge >= 0.3 is 0 Å². The van der Waals surface area contributed by atoms with Gasteiger partial charge in [-0.1, -0.05) is 43.0 Å². The quantitative estimate of drug-likeness (QED) is 0.771. The third kappa shape index (κ3) is 1.80. The van der Waals surface area contributed by atoms with Gasteiger partial charge in [-0.3, -0.25) is 14.9 Å². The van der Waals surface area contributed by atoms with Crippen LogP contribution in [0.1, 0.15) is 5.56 Å². The van der Waals surface area contributed by atoms with Crippen LogP contribution in [0.5, 0.6) is 0 Å². The van der Waals surface area contributed by atoms with Gasteiger partial charge in [0.15, 0.2) is 0 Å². The molecule has 0 bridgehead atoms. The van der Waals surface area contributed by atoms with E-state index in [9.17, 15) is 9.59 Å². The van der Waals surface area contributed by atoms with Crippen LogP contribution in [-0.2, 0) is 16.0 Å². The lowest BCUT2D eigenvalue weighted by atomic mass is 10.0. The Hall–Kier alpha value is -2.16. The van der Waals surface area contributed by atoms with Gasteiger partial charge in [0.2, 0.25) is 0 Å². The zero-order chi connectivity index (χ0) is 11.5. The predicted molar refractivity (Wildman–Crippen MR) is 60.5 cm³/mol.